The Morgan fingerprint density at radius 3 is 2.35 bits per heavy atom. The maximum Gasteiger partial charge on any atom is 0.271 e. The average molecular weight is 693 g/mol. The lowest BCUT2D eigenvalue weighted by Crippen LogP contribution is -2.36. The number of hydrogen-bond acceptors (Lipinski definition) is 11. The molecule has 4 bridgehead atoms. The standard InChI is InChI=1S/C32H40N10O4S2/c1-21(2)16-23-31-38-26(19-48-31)30(46)36-24(17-22-8-4-3-5-9-22)32-37-25(18-47-32)29(45)33-12-7-14-41(13-6-10-27(43)35-23)28(44)11-15-42-20-34-39-40-42/h3-5,8-9,18-21,23-24H,6-7,10-17H2,1-2H3,(H,33,45)(H,35,43)(H,36,46)/t23-,24-/m0/s1. The lowest BCUT2D eigenvalue weighted by molar-refractivity contribution is -0.132. The Bertz CT molecular complexity index is 1660. The van der Waals surface area contributed by atoms with Gasteiger partial charge in [-0.25, -0.2) is 14.6 Å². The number of tetrazole rings is 1. The molecule has 4 amide bonds. The molecule has 48 heavy (non-hydrogen) atoms. The number of thiazole rings is 2. The number of nitrogens with one attached hydrogen (secondary N) is 3. The molecule has 1 aromatic carbocycles. The van der Waals surface area contributed by atoms with E-state index in [4.69, 9.17) is 0 Å². The monoisotopic (exact) mass is 692 g/mol. The molecule has 0 spiro atoms. The van der Waals surface area contributed by atoms with Crippen LogP contribution in [0.4, 0.5) is 0 Å². The maximum atomic E-state index is 13.5. The van der Waals surface area contributed by atoms with Crippen molar-refractivity contribution in [1.29, 1.82) is 0 Å². The highest BCUT2D eigenvalue weighted by Gasteiger charge is 2.25. The molecule has 5 rings (SSSR count). The number of amides is 4. The maximum absolute atomic E-state index is 13.5. The second-order valence-electron chi connectivity index (χ2n) is 12.0. The van der Waals surface area contributed by atoms with Gasteiger partial charge in [0.2, 0.25) is 11.8 Å². The predicted molar refractivity (Wildman–Crippen MR) is 180 cm³/mol. The third-order valence-electron chi connectivity index (χ3n) is 7.76. The van der Waals surface area contributed by atoms with Crippen molar-refractivity contribution < 1.29 is 19.2 Å². The van der Waals surface area contributed by atoms with Gasteiger partial charge >= 0.3 is 0 Å². The normalized spacial score (nSPS) is 18.5. The van der Waals surface area contributed by atoms with Crippen LogP contribution in [-0.2, 0) is 22.6 Å². The van der Waals surface area contributed by atoms with E-state index in [1.165, 1.54) is 33.7 Å². The Morgan fingerprint density at radius 2 is 1.65 bits per heavy atom. The fourth-order valence-electron chi connectivity index (χ4n) is 5.35. The van der Waals surface area contributed by atoms with Crippen molar-refractivity contribution in [3.8, 4) is 0 Å². The van der Waals surface area contributed by atoms with E-state index in [2.05, 4.69) is 55.3 Å². The molecule has 2 atom stereocenters. The second kappa shape index (κ2) is 17.0. The minimum atomic E-state index is -0.496. The van der Waals surface area contributed by atoms with Gasteiger partial charge in [-0.1, -0.05) is 44.2 Å². The molecule has 0 unspecified atom stereocenters. The first-order chi connectivity index (χ1) is 23.2. The molecular weight excluding hydrogens is 653 g/mol. The molecule has 0 aliphatic carbocycles. The number of aromatic nitrogens is 6. The van der Waals surface area contributed by atoms with E-state index in [9.17, 15) is 19.2 Å². The first-order valence-corrected chi connectivity index (χ1v) is 17.8. The number of carbonyl (C=O) groups excluding carboxylic acids is 4. The number of hydrogen-bond donors (Lipinski definition) is 3. The van der Waals surface area contributed by atoms with Crippen LogP contribution in [0.3, 0.4) is 0 Å². The second-order valence-corrected chi connectivity index (χ2v) is 13.8. The van der Waals surface area contributed by atoms with Crippen LogP contribution in [0.2, 0.25) is 0 Å². The van der Waals surface area contributed by atoms with Gasteiger partial charge in [-0.15, -0.1) is 27.8 Å². The molecule has 1 aliphatic rings. The van der Waals surface area contributed by atoms with Crippen LogP contribution >= 0.6 is 22.7 Å². The van der Waals surface area contributed by atoms with Gasteiger partial charge in [0.1, 0.15) is 27.7 Å². The summed E-state index contributed by atoms with van der Waals surface area (Å²) >= 11 is 2.64. The zero-order valence-electron chi connectivity index (χ0n) is 27.0. The average Bonchev–Trinajstić information content (AvgIpc) is 3.87. The van der Waals surface area contributed by atoms with Gasteiger partial charge in [-0.3, -0.25) is 19.2 Å². The Labute approximate surface area is 286 Å². The van der Waals surface area contributed by atoms with Crippen LogP contribution in [0.1, 0.15) is 94.6 Å². The molecule has 254 valence electrons. The fraction of sp³-hybridized carbons (Fsp3) is 0.469. The third-order valence-corrected chi connectivity index (χ3v) is 9.67. The highest BCUT2D eigenvalue weighted by molar-refractivity contribution is 7.10. The lowest BCUT2D eigenvalue weighted by Gasteiger charge is -2.23. The van der Waals surface area contributed by atoms with E-state index in [0.717, 1.165) is 5.56 Å². The highest BCUT2D eigenvalue weighted by atomic mass is 32.1. The molecule has 0 radical (unpaired) electrons. The van der Waals surface area contributed by atoms with E-state index in [1.807, 2.05) is 30.3 Å². The summed E-state index contributed by atoms with van der Waals surface area (Å²) in [6, 6.07) is 8.91. The molecule has 4 aromatic rings. The predicted octanol–water partition coefficient (Wildman–Crippen LogP) is 3.34. The number of rotatable bonds is 7. The summed E-state index contributed by atoms with van der Waals surface area (Å²) < 4.78 is 1.50. The quantitative estimate of drug-likeness (QED) is 0.262. The van der Waals surface area contributed by atoms with Crippen molar-refractivity contribution in [3.63, 3.8) is 0 Å². The number of benzene rings is 1. The van der Waals surface area contributed by atoms with Crippen LogP contribution in [0.15, 0.2) is 47.4 Å². The largest absolute Gasteiger partial charge is 0.351 e. The number of fused-ring (bicyclic) bond motifs is 4. The van der Waals surface area contributed by atoms with Crippen LogP contribution in [-0.4, -0.2) is 78.3 Å². The summed E-state index contributed by atoms with van der Waals surface area (Å²) in [6.45, 7) is 5.59. The molecule has 14 nitrogen and oxygen atoms in total. The van der Waals surface area contributed by atoms with Crippen molar-refractivity contribution in [1.82, 2.24) is 51.0 Å². The van der Waals surface area contributed by atoms with Crippen molar-refractivity contribution in [2.45, 2.75) is 71.0 Å². The van der Waals surface area contributed by atoms with Gasteiger partial charge < -0.3 is 20.9 Å². The van der Waals surface area contributed by atoms with Crippen molar-refractivity contribution in [3.05, 3.63) is 74.4 Å². The Morgan fingerprint density at radius 1 is 0.938 bits per heavy atom. The van der Waals surface area contributed by atoms with Crippen LogP contribution in [0.5, 0.6) is 0 Å². The number of aryl methyl sites for hydroxylation is 1. The molecular formula is C32H40N10O4S2. The summed E-state index contributed by atoms with van der Waals surface area (Å²) in [4.78, 5) is 63.9. The summed E-state index contributed by atoms with van der Waals surface area (Å²) in [6.07, 6.45) is 3.97. The molecule has 1 aliphatic heterocycles. The SMILES string of the molecule is CC(C)C[C@@H]1NC(=O)CCCN(C(=O)CCn2cnnn2)CCCNC(=O)c2csc(n2)[C@H](Cc2ccccc2)NC(=O)c2csc1n2. The van der Waals surface area contributed by atoms with E-state index in [1.54, 1.807) is 15.7 Å². The van der Waals surface area contributed by atoms with Gasteiger partial charge in [0.25, 0.3) is 11.8 Å². The van der Waals surface area contributed by atoms with Gasteiger partial charge in [0, 0.05) is 43.2 Å². The van der Waals surface area contributed by atoms with Crippen LogP contribution < -0.4 is 16.0 Å². The van der Waals surface area contributed by atoms with E-state index < -0.39 is 6.04 Å². The lowest BCUT2D eigenvalue weighted by atomic mass is 10.0. The molecule has 4 heterocycles. The highest BCUT2D eigenvalue weighted by Crippen LogP contribution is 2.27. The van der Waals surface area contributed by atoms with Crippen LogP contribution in [0, 0.1) is 5.92 Å². The Kier molecular flexibility index (Phi) is 12.3. The van der Waals surface area contributed by atoms with Crippen molar-refractivity contribution in [2.24, 2.45) is 5.92 Å². The Balaban J connectivity index is 1.37. The molecule has 0 saturated heterocycles. The molecule has 3 N–H and O–H groups in total. The molecule has 0 fully saturated rings. The van der Waals surface area contributed by atoms with E-state index >= 15 is 0 Å². The first-order valence-electron chi connectivity index (χ1n) is 16.1. The number of carbonyl (C=O) groups is 4. The minimum Gasteiger partial charge on any atom is -0.351 e. The van der Waals surface area contributed by atoms with Gasteiger partial charge in [0.15, 0.2) is 0 Å². The van der Waals surface area contributed by atoms with Crippen LogP contribution in [0.25, 0.3) is 0 Å². The molecule has 3 aromatic heterocycles. The summed E-state index contributed by atoms with van der Waals surface area (Å²) in [7, 11) is 0. The van der Waals surface area contributed by atoms with Crippen molar-refractivity contribution >= 4 is 46.3 Å². The Hall–Kier alpha value is -4.57. The van der Waals surface area contributed by atoms with Gasteiger partial charge in [-0.2, -0.15) is 0 Å². The molecule has 16 heteroatoms. The van der Waals surface area contributed by atoms with Gasteiger partial charge in [0.05, 0.1) is 18.6 Å². The minimum absolute atomic E-state index is 0.0885. The van der Waals surface area contributed by atoms with E-state index in [0.29, 0.717) is 61.9 Å². The number of nitrogens with zero attached hydrogens (tertiary/aromatic N) is 7. The fourth-order valence-corrected chi connectivity index (χ4v) is 7.06. The first kappa shape index (κ1) is 34.8. The smallest absolute Gasteiger partial charge is 0.271 e. The zero-order chi connectivity index (χ0) is 33.9. The van der Waals surface area contributed by atoms with Gasteiger partial charge in [-0.05, 0) is 47.6 Å². The molecule has 0 saturated carbocycles. The topological polar surface area (TPSA) is 177 Å². The zero-order valence-corrected chi connectivity index (χ0v) is 28.6. The summed E-state index contributed by atoms with van der Waals surface area (Å²) in [5, 5.41) is 24.8. The summed E-state index contributed by atoms with van der Waals surface area (Å²) in [5.41, 5.74) is 1.53. The van der Waals surface area contributed by atoms with Crippen molar-refractivity contribution in [2.75, 3.05) is 19.6 Å². The third kappa shape index (κ3) is 9.97. The summed E-state index contributed by atoms with van der Waals surface area (Å²) in [5.74, 6) is -0.658. The van der Waals surface area contributed by atoms with E-state index in [-0.39, 0.29) is 59.8 Å².